The van der Waals surface area contributed by atoms with Gasteiger partial charge in [-0.1, -0.05) is 17.8 Å². The summed E-state index contributed by atoms with van der Waals surface area (Å²) in [5.41, 5.74) is 2.48. The Labute approximate surface area is 134 Å². The lowest BCUT2D eigenvalue weighted by atomic mass is 10.1. The highest BCUT2D eigenvalue weighted by molar-refractivity contribution is 7.98. The highest BCUT2D eigenvalue weighted by atomic mass is 32.2. The third-order valence-electron chi connectivity index (χ3n) is 3.58. The SMILES string of the molecule is COc1ccc(Cc2nc(SC)n(C)c(=O)c2C)cc1OC. The Morgan fingerprint density at radius 2 is 1.91 bits per heavy atom. The number of hydrogen-bond acceptors (Lipinski definition) is 5. The lowest BCUT2D eigenvalue weighted by molar-refractivity contribution is 0.354. The smallest absolute Gasteiger partial charge is 0.257 e. The van der Waals surface area contributed by atoms with Gasteiger partial charge in [0, 0.05) is 19.0 Å². The van der Waals surface area contributed by atoms with Crippen LogP contribution in [0, 0.1) is 6.92 Å². The Hall–Kier alpha value is -1.95. The molecule has 1 aromatic carbocycles. The molecule has 1 heterocycles. The number of aromatic nitrogens is 2. The van der Waals surface area contributed by atoms with E-state index in [2.05, 4.69) is 4.98 Å². The summed E-state index contributed by atoms with van der Waals surface area (Å²) in [4.78, 5) is 16.8. The van der Waals surface area contributed by atoms with Crippen LogP contribution in [0.3, 0.4) is 0 Å². The molecule has 0 saturated carbocycles. The van der Waals surface area contributed by atoms with Crippen molar-refractivity contribution in [3.05, 3.63) is 45.4 Å². The molecule has 118 valence electrons. The molecule has 0 aliphatic carbocycles. The summed E-state index contributed by atoms with van der Waals surface area (Å²) in [5, 5.41) is 0.714. The van der Waals surface area contributed by atoms with E-state index in [1.54, 1.807) is 25.8 Å². The van der Waals surface area contributed by atoms with Gasteiger partial charge in [0.2, 0.25) is 0 Å². The van der Waals surface area contributed by atoms with Crippen molar-refractivity contribution in [3.63, 3.8) is 0 Å². The van der Waals surface area contributed by atoms with Crippen molar-refractivity contribution < 1.29 is 9.47 Å². The maximum absolute atomic E-state index is 12.2. The van der Waals surface area contributed by atoms with Crippen LogP contribution in [0.5, 0.6) is 11.5 Å². The van der Waals surface area contributed by atoms with Crippen molar-refractivity contribution in [1.82, 2.24) is 9.55 Å². The lowest BCUT2D eigenvalue weighted by Gasteiger charge is -2.12. The van der Waals surface area contributed by atoms with Crippen molar-refractivity contribution >= 4 is 11.8 Å². The number of thioether (sulfide) groups is 1. The number of nitrogens with zero attached hydrogens (tertiary/aromatic N) is 2. The van der Waals surface area contributed by atoms with Gasteiger partial charge in [0.05, 0.1) is 19.9 Å². The van der Waals surface area contributed by atoms with Crippen LogP contribution >= 0.6 is 11.8 Å². The van der Waals surface area contributed by atoms with Gasteiger partial charge >= 0.3 is 0 Å². The number of benzene rings is 1. The molecule has 22 heavy (non-hydrogen) atoms. The van der Waals surface area contributed by atoms with Crippen molar-refractivity contribution in [2.75, 3.05) is 20.5 Å². The molecule has 6 heteroatoms. The lowest BCUT2D eigenvalue weighted by Crippen LogP contribution is -2.24. The second-order valence-corrected chi connectivity index (χ2v) is 5.67. The van der Waals surface area contributed by atoms with E-state index in [9.17, 15) is 4.79 Å². The first-order valence-electron chi connectivity index (χ1n) is 6.83. The third-order valence-corrected chi connectivity index (χ3v) is 4.31. The van der Waals surface area contributed by atoms with Crippen LogP contribution in [0.25, 0.3) is 0 Å². The van der Waals surface area contributed by atoms with Gasteiger partial charge in [0.1, 0.15) is 0 Å². The second kappa shape index (κ2) is 6.87. The Morgan fingerprint density at radius 1 is 1.23 bits per heavy atom. The first kappa shape index (κ1) is 16.4. The predicted molar refractivity (Wildman–Crippen MR) is 88.3 cm³/mol. The van der Waals surface area contributed by atoms with Crippen LogP contribution in [0.1, 0.15) is 16.8 Å². The van der Waals surface area contributed by atoms with E-state index >= 15 is 0 Å². The highest BCUT2D eigenvalue weighted by Gasteiger charge is 2.12. The predicted octanol–water partition coefficient (Wildman–Crippen LogP) is 2.42. The van der Waals surface area contributed by atoms with E-state index in [0.29, 0.717) is 28.6 Å². The minimum absolute atomic E-state index is 0.00479. The molecule has 0 radical (unpaired) electrons. The molecule has 2 aromatic rings. The van der Waals surface area contributed by atoms with Crippen molar-refractivity contribution in [3.8, 4) is 11.5 Å². The Balaban J connectivity index is 2.43. The molecule has 0 fully saturated rings. The maximum Gasteiger partial charge on any atom is 0.257 e. The molecule has 0 aliphatic rings. The van der Waals surface area contributed by atoms with Crippen molar-refractivity contribution in [2.45, 2.75) is 18.5 Å². The Kier molecular flexibility index (Phi) is 5.13. The summed E-state index contributed by atoms with van der Waals surface area (Å²) in [6, 6.07) is 5.73. The molecule has 0 N–H and O–H groups in total. The summed E-state index contributed by atoms with van der Waals surface area (Å²) < 4.78 is 12.1. The van der Waals surface area contributed by atoms with Crippen LogP contribution in [-0.4, -0.2) is 30.0 Å². The van der Waals surface area contributed by atoms with E-state index in [1.165, 1.54) is 11.8 Å². The summed E-state index contributed by atoms with van der Waals surface area (Å²) in [6.45, 7) is 1.82. The molecule has 0 spiro atoms. The maximum atomic E-state index is 12.2. The van der Waals surface area contributed by atoms with Gasteiger partial charge in [0.15, 0.2) is 16.7 Å². The standard InChI is InChI=1S/C16H20N2O3S/c1-10-12(17-16(22-5)18(2)15(10)19)8-11-6-7-13(20-3)14(9-11)21-4/h6-7,9H,8H2,1-5H3. The number of hydrogen-bond donors (Lipinski definition) is 0. The first-order valence-corrected chi connectivity index (χ1v) is 8.05. The van der Waals surface area contributed by atoms with Gasteiger partial charge in [-0.2, -0.15) is 0 Å². The average molecular weight is 320 g/mol. The summed E-state index contributed by atoms with van der Waals surface area (Å²) in [6.07, 6.45) is 2.49. The van der Waals surface area contributed by atoms with Gasteiger partial charge in [-0.15, -0.1) is 0 Å². The highest BCUT2D eigenvalue weighted by Crippen LogP contribution is 2.28. The Bertz CT molecular complexity index is 741. The summed E-state index contributed by atoms with van der Waals surface area (Å²) >= 11 is 1.46. The van der Waals surface area contributed by atoms with E-state index in [1.807, 2.05) is 31.4 Å². The fourth-order valence-electron chi connectivity index (χ4n) is 2.27. The number of ether oxygens (including phenoxy) is 2. The van der Waals surface area contributed by atoms with E-state index < -0.39 is 0 Å². The van der Waals surface area contributed by atoms with Gasteiger partial charge in [0.25, 0.3) is 5.56 Å². The molecule has 2 rings (SSSR count). The van der Waals surface area contributed by atoms with Crippen molar-refractivity contribution in [1.29, 1.82) is 0 Å². The molecule has 0 atom stereocenters. The van der Waals surface area contributed by atoms with Gasteiger partial charge in [-0.05, 0) is 30.9 Å². The monoisotopic (exact) mass is 320 g/mol. The minimum Gasteiger partial charge on any atom is -0.493 e. The van der Waals surface area contributed by atoms with Crippen LogP contribution in [0.2, 0.25) is 0 Å². The van der Waals surface area contributed by atoms with Crippen molar-refractivity contribution in [2.24, 2.45) is 7.05 Å². The molecule has 1 aromatic heterocycles. The second-order valence-electron chi connectivity index (χ2n) is 4.90. The molecule has 5 nitrogen and oxygen atoms in total. The molecule has 0 bridgehead atoms. The topological polar surface area (TPSA) is 53.4 Å². The number of rotatable bonds is 5. The first-order chi connectivity index (χ1) is 10.5. The van der Waals surface area contributed by atoms with Gasteiger partial charge in [-0.3, -0.25) is 9.36 Å². The molecule has 0 unspecified atom stereocenters. The molecular weight excluding hydrogens is 300 g/mol. The Morgan fingerprint density at radius 3 is 2.50 bits per heavy atom. The quantitative estimate of drug-likeness (QED) is 0.625. The average Bonchev–Trinajstić information content (AvgIpc) is 2.55. The zero-order valence-corrected chi connectivity index (χ0v) is 14.3. The van der Waals surface area contributed by atoms with Crippen LogP contribution in [0.15, 0.2) is 28.2 Å². The van der Waals surface area contributed by atoms with Crippen LogP contribution in [-0.2, 0) is 13.5 Å². The molecule has 0 aliphatic heterocycles. The normalized spacial score (nSPS) is 10.6. The largest absolute Gasteiger partial charge is 0.493 e. The summed E-state index contributed by atoms with van der Waals surface area (Å²) in [7, 11) is 4.96. The fraction of sp³-hybridized carbons (Fsp3) is 0.375. The third kappa shape index (κ3) is 3.11. The van der Waals surface area contributed by atoms with Gasteiger partial charge in [-0.25, -0.2) is 4.98 Å². The molecule has 0 saturated heterocycles. The summed E-state index contributed by atoms with van der Waals surface area (Å²) in [5.74, 6) is 1.36. The zero-order valence-electron chi connectivity index (χ0n) is 13.5. The van der Waals surface area contributed by atoms with Crippen LogP contribution < -0.4 is 15.0 Å². The molecular formula is C16H20N2O3S. The minimum atomic E-state index is -0.00479. The fourth-order valence-corrected chi connectivity index (χ4v) is 2.83. The van der Waals surface area contributed by atoms with E-state index in [-0.39, 0.29) is 5.56 Å². The van der Waals surface area contributed by atoms with Gasteiger partial charge < -0.3 is 9.47 Å². The van der Waals surface area contributed by atoms with Crippen LogP contribution in [0.4, 0.5) is 0 Å². The number of methoxy groups -OCH3 is 2. The molecule has 0 amide bonds. The van der Waals surface area contributed by atoms with E-state index in [0.717, 1.165) is 11.3 Å². The zero-order chi connectivity index (χ0) is 16.3. The van der Waals surface area contributed by atoms with E-state index in [4.69, 9.17) is 9.47 Å².